The van der Waals surface area contributed by atoms with Crippen molar-refractivity contribution in [1.29, 1.82) is 0 Å². The van der Waals surface area contributed by atoms with Crippen molar-refractivity contribution >= 4 is 11.6 Å². The van der Waals surface area contributed by atoms with Crippen LogP contribution in [-0.4, -0.2) is 19.7 Å². The average molecular weight is 238 g/mol. The Balaban J connectivity index is 2.46. The maximum atomic E-state index is 6.05. The van der Waals surface area contributed by atoms with Crippen molar-refractivity contribution in [3.63, 3.8) is 0 Å². The molecule has 0 bridgehead atoms. The lowest BCUT2D eigenvalue weighted by molar-refractivity contribution is 0.769. The summed E-state index contributed by atoms with van der Waals surface area (Å²) >= 11 is 6.05. The molecule has 84 valence electrons. The van der Waals surface area contributed by atoms with Crippen LogP contribution in [0.25, 0.3) is 5.95 Å². The van der Waals surface area contributed by atoms with Gasteiger partial charge in [-0.25, -0.2) is 14.6 Å². The lowest BCUT2D eigenvalue weighted by Crippen LogP contribution is -2.06. The summed E-state index contributed by atoms with van der Waals surface area (Å²) in [5.74, 6) is 0.504. The van der Waals surface area contributed by atoms with Crippen molar-refractivity contribution in [2.45, 2.75) is 20.4 Å². The predicted molar refractivity (Wildman–Crippen MR) is 61.5 cm³/mol. The quantitative estimate of drug-likeness (QED) is 0.857. The van der Waals surface area contributed by atoms with E-state index in [2.05, 4.69) is 15.1 Å². The highest BCUT2D eigenvalue weighted by Crippen LogP contribution is 2.20. The summed E-state index contributed by atoms with van der Waals surface area (Å²) in [6.45, 7) is 4.15. The third-order valence-electron chi connectivity index (χ3n) is 2.32. The van der Waals surface area contributed by atoms with Crippen LogP contribution in [0.3, 0.4) is 0 Å². The van der Waals surface area contributed by atoms with Crippen LogP contribution in [-0.2, 0) is 6.54 Å². The predicted octanol–water partition coefficient (Wildman–Crippen LogP) is 1.39. The van der Waals surface area contributed by atoms with Crippen LogP contribution in [0, 0.1) is 13.8 Å². The van der Waals surface area contributed by atoms with Crippen LogP contribution in [0.15, 0.2) is 12.4 Å². The third-order valence-corrected chi connectivity index (χ3v) is 2.87. The molecule has 2 heterocycles. The Kier molecular flexibility index (Phi) is 2.89. The molecule has 2 aromatic rings. The molecule has 0 fully saturated rings. The molecule has 0 unspecified atom stereocenters. The normalized spacial score (nSPS) is 10.8. The van der Waals surface area contributed by atoms with Crippen LogP contribution in [0.4, 0.5) is 0 Å². The second kappa shape index (κ2) is 4.19. The first-order valence-electron chi connectivity index (χ1n) is 4.86. The highest BCUT2D eigenvalue weighted by molar-refractivity contribution is 6.31. The lowest BCUT2D eigenvalue weighted by Gasteiger charge is -2.02. The highest BCUT2D eigenvalue weighted by Gasteiger charge is 2.12. The fraction of sp³-hybridized carbons (Fsp3) is 0.300. The zero-order valence-electron chi connectivity index (χ0n) is 9.11. The zero-order valence-corrected chi connectivity index (χ0v) is 9.86. The molecule has 6 heteroatoms. The minimum Gasteiger partial charge on any atom is -0.326 e. The first-order chi connectivity index (χ1) is 7.63. The van der Waals surface area contributed by atoms with Gasteiger partial charge in [-0.1, -0.05) is 11.6 Å². The molecule has 2 aromatic heterocycles. The third kappa shape index (κ3) is 1.79. The van der Waals surface area contributed by atoms with Gasteiger partial charge >= 0.3 is 0 Å². The van der Waals surface area contributed by atoms with Crippen LogP contribution < -0.4 is 5.73 Å². The Morgan fingerprint density at radius 1 is 1.31 bits per heavy atom. The van der Waals surface area contributed by atoms with Gasteiger partial charge in [-0.2, -0.15) is 5.10 Å². The zero-order chi connectivity index (χ0) is 11.7. The van der Waals surface area contributed by atoms with E-state index < -0.39 is 0 Å². The smallest absolute Gasteiger partial charge is 0.250 e. The molecule has 16 heavy (non-hydrogen) atoms. The summed E-state index contributed by atoms with van der Waals surface area (Å²) in [5.41, 5.74) is 7.96. The van der Waals surface area contributed by atoms with E-state index in [-0.39, 0.29) is 0 Å². The molecule has 5 nitrogen and oxygen atoms in total. The Bertz CT molecular complexity index is 503. The molecule has 2 rings (SSSR count). The van der Waals surface area contributed by atoms with E-state index in [1.165, 1.54) is 0 Å². The molecule has 0 aromatic carbocycles. The minimum atomic E-state index is 0.429. The molecule has 0 saturated carbocycles. The molecule has 0 aliphatic heterocycles. The minimum absolute atomic E-state index is 0.429. The number of nitrogens with zero attached hydrogens (tertiary/aromatic N) is 4. The summed E-state index contributed by atoms with van der Waals surface area (Å²) in [6.07, 6.45) is 3.37. The van der Waals surface area contributed by atoms with Crippen LogP contribution in [0.1, 0.15) is 17.0 Å². The number of aromatic nitrogens is 4. The van der Waals surface area contributed by atoms with Crippen molar-refractivity contribution in [2.24, 2.45) is 5.73 Å². The molecule has 0 spiro atoms. The standard InChI is InChI=1S/C10H12ClN5/c1-6-9(11)7(2)16(15-6)10-13-4-8(3-12)5-14-10/h4-5H,3,12H2,1-2H3. The topological polar surface area (TPSA) is 69.6 Å². The number of rotatable bonds is 2. The fourth-order valence-corrected chi connectivity index (χ4v) is 1.50. The van der Waals surface area contributed by atoms with Gasteiger partial charge in [0.1, 0.15) is 0 Å². The Labute approximate surface area is 98.3 Å². The van der Waals surface area contributed by atoms with Crippen molar-refractivity contribution in [3.05, 3.63) is 34.4 Å². The van der Waals surface area contributed by atoms with Gasteiger partial charge in [-0.05, 0) is 13.8 Å². The first kappa shape index (κ1) is 11.0. The van der Waals surface area contributed by atoms with Gasteiger partial charge in [0, 0.05) is 24.5 Å². The van der Waals surface area contributed by atoms with E-state index >= 15 is 0 Å². The van der Waals surface area contributed by atoms with Gasteiger partial charge in [0.05, 0.1) is 16.4 Å². The van der Waals surface area contributed by atoms with Gasteiger partial charge in [0.25, 0.3) is 5.95 Å². The largest absolute Gasteiger partial charge is 0.326 e. The molecule has 0 saturated heterocycles. The second-order valence-corrected chi connectivity index (χ2v) is 3.87. The highest BCUT2D eigenvalue weighted by atomic mass is 35.5. The van der Waals surface area contributed by atoms with Gasteiger partial charge in [0.15, 0.2) is 0 Å². The van der Waals surface area contributed by atoms with Crippen molar-refractivity contribution < 1.29 is 0 Å². The van der Waals surface area contributed by atoms with E-state index in [4.69, 9.17) is 17.3 Å². The van der Waals surface area contributed by atoms with Crippen LogP contribution in [0.5, 0.6) is 0 Å². The Morgan fingerprint density at radius 2 is 1.94 bits per heavy atom. The molecular formula is C10H12ClN5. The first-order valence-corrected chi connectivity index (χ1v) is 5.24. The van der Waals surface area contributed by atoms with Gasteiger partial charge in [-0.15, -0.1) is 0 Å². The van der Waals surface area contributed by atoms with Gasteiger partial charge < -0.3 is 5.73 Å². The number of nitrogens with two attached hydrogens (primary N) is 1. The summed E-state index contributed by atoms with van der Waals surface area (Å²) in [6, 6.07) is 0. The average Bonchev–Trinajstić information content (AvgIpc) is 2.57. The van der Waals surface area contributed by atoms with E-state index in [1.807, 2.05) is 13.8 Å². The number of aryl methyl sites for hydroxylation is 1. The van der Waals surface area contributed by atoms with E-state index in [9.17, 15) is 0 Å². The lowest BCUT2D eigenvalue weighted by atomic mass is 10.3. The van der Waals surface area contributed by atoms with Crippen LogP contribution >= 0.6 is 11.6 Å². The summed E-state index contributed by atoms with van der Waals surface area (Å²) in [7, 11) is 0. The molecule has 0 aliphatic carbocycles. The summed E-state index contributed by atoms with van der Waals surface area (Å²) in [5, 5.41) is 4.91. The molecule has 0 amide bonds. The van der Waals surface area contributed by atoms with Crippen molar-refractivity contribution in [3.8, 4) is 5.95 Å². The molecule has 0 aliphatic rings. The molecule has 0 radical (unpaired) electrons. The Morgan fingerprint density at radius 3 is 2.38 bits per heavy atom. The summed E-state index contributed by atoms with van der Waals surface area (Å²) < 4.78 is 1.62. The second-order valence-electron chi connectivity index (χ2n) is 3.49. The molecule has 2 N–H and O–H groups in total. The molecular weight excluding hydrogens is 226 g/mol. The van der Waals surface area contributed by atoms with Crippen molar-refractivity contribution in [1.82, 2.24) is 19.7 Å². The number of halogens is 1. The summed E-state index contributed by atoms with van der Waals surface area (Å²) in [4.78, 5) is 8.37. The molecule has 0 atom stereocenters. The van der Waals surface area contributed by atoms with E-state index in [0.717, 1.165) is 17.0 Å². The van der Waals surface area contributed by atoms with Gasteiger partial charge in [-0.3, -0.25) is 0 Å². The Hall–Kier alpha value is -1.46. The van der Waals surface area contributed by atoms with E-state index in [0.29, 0.717) is 17.5 Å². The number of hydrogen-bond acceptors (Lipinski definition) is 4. The maximum absolute atomic E-state index is 6.05. The van der Waals surface area contributed by atoms with E-state index in [1.54, 1.807) is 17.1 Å². The fourth-order valence-electron chi connectivity index (χ4n) is 1.38. The SMILES string of the molecule is Cc1nn(-c2ncc(CN)cn2)c(C)c1Cl. The maximum Gasteiger partial charge on any atom is 0.250 e. The van der Waals surface area contributed by atoms with Gasteiger partial charge in [0.2, 0.25) is 0 Å². The number of hydrogen-bond donors (Lipinski definition) is 1. The monoisotopic (exact) mass is 237 g/mol. The van der Waals surface area contributed by atoms with Crippen LogP contribution in [0.2, 0.25) is 5.02 Å². The van der Waals surface area contributed by atoms with Crippen molar-refractivity contribution in [2.75, 3.05) is 0 Å².